The highest BCUT2D eigenvalue weighted by atomic mass is 32.1. The molecule has 0 aromatic heterocycles. The maximum atomic E-state index is 12.1. The third-order valence-corrected chi connectivity index (χ3v) is 5.27. The van der Waals surface area contributed by atoms with Crippen LogP contribution in [0.3, 0.4) is 0 Å². The lowest BCUT2D eigenvalue weighted by Gasteiger charge is -2.26. The monoisotopic (exact) mass is 441 g/mol. The molecule has 0 unspecified atom stereocenters. The van der Waals surface area contributed by atoms with Crippen molar-refractivity contribution in [2.24, 2.45) is 0 Å². The molecule has 1 heterocycles. The number of anilines is 1. The summed E-state index contributed by atoms with van der Waals surface area (Å²) in [4.78, 5) is 14.5. The lowest BCUT2D eigenvalue weighted by molar-refractivity contribution is -0.121. The zero-order valence-corrected chi connectivity index (χ0v) is 19.3. The number of hydrogen-bond donors (Lipinski definition) is 2. The first kappa shape index (κ1) is 23.2. The van der Waals surface area contributed by atoms with Crippen LogP contribution in [0, 0.1) is 0 Å². The number of ether oxygens (including phenoxy) is 2. The molecule has 0 saturated carbocycles. The molecular weight excluding hydrogens is 410 g/mol. The van der Waals surface area contributed by atoms with Gasteiger partial charge in [0.25, 0.3) is 5.91 Å². The molecule has 0 atom stereocenters. The first-order valence-electron chi connectivity index (χ1n) is 10.5. The number of amides is 1. The third-order valence-electron chi connectivity index (χ3n) is 5.06. The molecule has 1 amide bonds. The fraction of sp³-hybridized carbons (Fsp3) is 0.417. The molecule has 2 N–H and O–H groups in total. The molecule has 3 rings (SSSR count). The van der Waals surface area contributed by atoms with E-state index in [0.29, 0.717) is 5.75 Å². The van der Waals surface area contributed by atoms with E-state index in [1.807, 2.05) is 36.4 Å². The molecule has 0 radical (unpaired) electrons. The Morgan fingerprint density at radius 1 is 1.06 bits per heavy atom. The summed E-state index contributed by atoms with van der Waals surface area (Å²) in [6, 6.07) is 15.8. The van der Waals surface area contributed by atoms with Crippen molar-refractivity contribution in [3.05, 3.63) is 59.7 Å². The molecule has 7 heteroatoms. The average Bonchev–Trinajstić information content (AvgIpc) is 2.74. The van der Waals surface area contributed by atoms with Crippen LogP contribution in [0.1, 0.15) is 31.9 Å². The highest BCUT2D eigenvalue weighted by molar-refractivity contribution is 7.80. The predicted octanol–water partition coefficient (Wildman–Crippen LogP) is 3.71. The molecule has 31 heavy (non-hydrogen) atoms. The lowest BCUT2D eigenvalue weighted by atomic mass is 9.87. The molecule has 166 valence electrons. The Balaban J connectivity index is 1.41. The highest BCUT2D eigenvalue weighted by Gasteiger charge is 2.14. The van der Waals surface area contributed by atoms with Gasteiger partial charge < -0.3 is 14.8 Å². The van der Waals surface area contributed by atoms with E-state index in [4.69, 9.17) is 21.7 Å². The molecule has 1 aliphatic heterocycles. The summed E-state index contributed by atoms with van der Waals surface area (Å²) in [5.74, 6) is 0.346. The summed E-state index contributed by atoms with van der Waals surface area (Å²) in [5, 5.41) is 5.93. The minimum Gasteiger partial charge on any atom is -0.484 e. The topological polar surface area (TPSA) is 62.8 Å². The van der Waals surface area contributed by atoms with E-state index >= 15 is 0 Å². The molecule has 1 aliphatic rings. The Bertz CT molecular complexity index is 870. The molecule has 0 aliphatic carbocycles. The van der Waals surface area contributed by atoms with E-state index in [1.165, 1.54) is 11.1 Å². The van der Waals surface area contributed by atoms with E-state index in [2.05, 4.69) is 48.4 Å². The van der Waals surface area contributed by atoms with Gasteiger partial charge in [-0.05, 0) is 53.0 Å². The number of benzene rings is 2. The number of nitrogens with one attached hydrogen (secondary N) is 2. The van der Waals surface area contributed by atoms with Crippen LogP contribution in [-0.4, -0.2) is 48.8 Å². The number of rotatable bonds is 6. The van der Waals surface area contributed by atoms with Gasteiger partial charge in [-0.3, -0.25) is 15.0 Å². The van der Waals surface area contributed by atoms with Gasteiger partial charge >= 0.3 is 0 Å². The quantitative estimate of drug-likeness (QED) is 0.667. The van der Waals surface area contributed by atoms with Gasteiger partial charge in [-0.2, -0.15) is 0 Å². The van der Waals surface area contributed by atoms with Gasteiger partial charge in [-0.1, -0.05) is 45.0 Å². The fourth-order valence-corrected chi connectivity index (χ4v) is 3.47. The number of thiocarbonyl (C=S) groups is 1. The van der Waals surface area contributed by atoms with Gasteiger partial charge in [0.15, 0.2) is 11.7 Å². The standard InChI is InChI=1S/C24H31N3O3S/c1-24(2,3)19-6-10-21(11-7-19)30-17-22(28)26-23(31)25-20-8-4-18(5-9-20)16-27-12-14-29-15-13-27/h4-11H,12-17H2,1-3H3,(H2,25,26,28,31). The van der Waals surface area contributed by atoms with Crippen LogP contribution in [0.15, 0.2) is 48.5 Å². The second kappa shape index (κ2) is 10.7. The maximum Gasteiger partial charge on any atom is 0.264 e. The highest BCUT2D eigenvalue weighted by Crippen LogP contribution is 2.24. The van der Waals surface area contributed by atoms with E-state index in [9.17, 15) is 4.79 Å². The van der Waals surface area contributed by atoms with Crippen molar-refractivity contribution in [1.82, 2.24) is 10.2 Å². The summed E-state index contributed by atoms with van der Waals surface area (Å²) >= 11 is 5.24. The van der Waals surface area contributed by atoms with E-state index in [0.717, 1.165) is 38.5 Å². The molecule has 2 aromatic rings. The van der Waals surface area contributed by atoms with Gasteiger partial charge in [-0.25, -0.2) is 0 Å². The summed E-state index contributed by atoms with van der Waals surface area (Å²) < 4.78 is 10.9. The van der Waals surface area contributed by atoms with E-state index in [-0.39, 0.29) is 23.0 Å². The average molecular weight is 442 g/mol. The van der Waals surface area contributed by atoms with Crippen LogP contribution in [-0.2, 0) is 21.5 Å². The maximum absolute atomic E-state index is 12.1. The summed E-state index contributed by atoms with van der Waals surface area (Å²) in [6.45, 7) is 10.8. The predicted molar refractivity (Wildman–Crippen MR) is 128 cm³/mol. The number of carbonyl (C=O) groups excluding carboxylic acids is 1. The number of carbonyl (C=O) groups is 1. The zero-order chi connectivity index (χ0) is 22.3. The largest absolute Gasteiger partial charge is 0.484 e. The smallest absolute Gasteiger partial charge is 0.264 e. The molecular formula is C24H31N3O3S. The molecule has 1 saturated heterocycles. The van der Waals surface area contributed by atoms with Crippen molar-refractivity contribution in [2.75, 3.05) is 38.2 Å². The van der Waals surface area contributed by atoms with Crippen LogP contribution in [0.5, 0.6) is 5.75 Å². The van der Waals surface area contributed by atoms with Gasteiger partial charge in [0.1, 0.15) is 5.75 Å². The SMILES string of the molecule is CC(C)(C)c1ccc(OCC(=O)NC(=S)Nc2ccc(CN3CCOCC3)cc2)cc1. The number of morpholine rings is 1. The number of hydrogen-bond acceptors (Lipinski definition) is 5. The molecule has 2 aromatic carbocycles. The zero-order valence-electron chi connectivity index (χ0n) is 18.4. The Kier molecular flexibility index (Phi) is 8.01. The van der Waals surface area contributed by atoms with Crippen molar-refractivity contribution in [3.63, 3.8) is 0 Å². The van der Waals surface area contributed by atoms with Crippen LogP contribution >= 0.6 is 12.2 Å². The first-order chi connectivity index (χ1) is 14.8. The van der Waals surface area contributed by atoms with E-state index < -0.39 is 0 Å². The minimum absolute atomic E-state index is 0.0778. The second-order valence-electron chi connectivity index (χ2n) is 8.65. The Morgan fingerprint density at radius 3 is 2.32 bits per heavy atom. The second-order valence-corrected chi connectivity index (χ2v) is 9.06. The van der Waals surface area contributed by atoms with Crippen LogP contribution in [0.25, 0.3) is 0 Å². The van der Waals surface area contributed by atoms with E-state index in [1.54, 1.807) is 0 Å². The van der Waals surface area contributed by atoms with Crippen molar-refractivity contribution in [3.8, 4) is 5.75 Å². The normalized spacial score (nSPS) is 14.7. The van der Waals surface area contributed by atoms with Gasteiger partial charge in [0.2, 0.25) is 0 Å². The summed E-state index contributed by atoms with van der Waals surface area (Å²) in [6.07, 6.45) is 0. The lowest BCUT2D eigenvalue weighted by Crippen LogP contribution is -2.37. The summed E-state index contributed by atoms with van der Waals surface area (Å²) in [7, 11) is 0. The van der Waals surface area contributed by atoms with Gasteiger partial charge in [0.05, 0.1) is 13.2 Å². The number of nitrogens with zero attached hydrogens (tertiary/aromatic N) is 1. The van der Waals surface area contributed by atoms with Crippen LogP contribution < -0.4 is 15.4 Å². The van der Waals surface area contributed by atoms with Crippen molar-refractivity contribution >= 4 is 28.9 Å². The van der Waals surface area contributed by atoms with Crippen LogP contribution in [0.4, 0.5) is 5.69 Å². The summed E-state index contributed by atoms with van der Waals surface area (Å²) in [5.41, 5.74) is 3.35. The molecule has 1 fully saturated rings. The van der Waals surface area contributed by atoms with Gasteiger partial charge in [0, 0.05) is 25.3 Å². The Labute approximate surface area is 189 Å². The molecule has 0 bridgehead atoms. The molecule has 6 nitrogen and oxygen atoms in total. The fourth-order valence-electron chi connectivity index (χ4n) is 3.24. The van der Waals surface area contributed by atoms with Crippen LogP contribution in [0.2, 0.25) is 0 Å². The van der Waals surface area contributed by atoms with Crippen molar-refractivity contribution in [1.29, 1.82) is 0 Å². The third kappa shape index (κ3) is 7.61. The molecule has 0 spiro atoms. The Hall–Kier alpha value is -2.48. The van der Waals surface area contributed by atoms with Gasteiger partial charge in [-0.15, -0.1) is 0 Å². The first-order valence-corrected chi connectivity index (χ1v) is 10.9. The van der Waals surface area contributed by atoms with Crippen molar-refractivity contribution < 1.29 is 14.3 Å². The van der Waals surface area contributed by atoms with Crippen molar-refractivity contribution in [2.45, 2.75) is 32.7 Å². The Morgan fingerprint density at radius 2 is 1.71 bits per heavy atom. The minimum atomic E-state index is -0.304.